The van der Waals surface area contributed by atoms with Crippen LogP contribution in [0.25, 0.3) is 17.0 Å². The molecule has 0 bridgehead atoms. The Hall–Kier alpha value is -2.44. The number of hydrogen-bond donors (Lipinski definition) is 0. The summed E-state index contributed by atoms with van der Waals surface area (Å²) in [7, 11) is 0. The highest BCUT2D eigenvalue weighted by Gasteiger charge is 2.10. The number of halogens is 1. The Kier molecular flexibility index (Phi) is 4.15. The normalized spacial score (nSPS) is 11.0. The topological polar surface area (TPSA) is 56.0 Å². The monoisotopic (exact) mass is 353 g/mol. The largest absolute Gasteiger partial charge is 0.265 e. The van der Waals surface area contributed by atoms with E-state index in [9.17, 15) is 0 Å². The van der Waals surface area contributed by atoms with Gasteiger partial charge in [-0.2, -0.15) is 9.61 Å². The first-order valence-electron chi connectivity index (χ1n) is 7.30. The van der Waals surface area contributed by atoms with Gasteiger partial charge in [0.15, 0.2) is 11.5 Å². The summed E-state index contributed by atoms with van der Waals surface area (Å²) in [5, 5.41) is 14.7. The average Bonchev–Trinajstić information content (AvgIpc) is 3.05. The summed E-state index contributed by atoms with van der Waals surface area (Å²) < 4.78 is 1.76. The second-order valence-corrected chi connectivity index (χ2v) is 6.55. The summed E-state index contributed by atoms with van der Waals surface area (Å²) in [6, 6.07) is 15.5. The second-order valence-electron chi connectivity index (χ2n) is 5.12. The van der Waals surface area contributed by atoms with Crippen LogP contribution >= 0.6 is 23.4 Å². The highest BCUT2D eigenvalue weighted by molar-refractivity contribution is 7.98. The summed E-state index contributed by atoms with van der Waals surface area (Å²) in [5.41, 5.74) is 2.85. The van der Waals surface area contributed by atoms with Gasteiger partial charge in [0.1, 0.15) is 5.03 Å². The summed E-state index contributed by atoms with van der Waals surface area (Å²) in [6.45, 7) is 0. The summed E-state index contributed by atoms with van der Waals surface area (Å²) in [6.07, 6.45) is 3.46. The number of fused-ring (bicyclic) bond motifs is 1. The molecule has 4 aromatic rings. The molecule has 0 unspecified atom stereocenters. The first kappa shape index (κ1) is 15.1. The molecule has 3 heterocycles. The fraction of sp³-hybridized carbons (Fsp3) is 0.0588. The minimum Gasteiger partial charge on any atom is -0.265 e. The van der Waals surface area contributed by atoms with Crippen LogP contribution in [0, 0.1) is 0 Å². The van der Waals surface area contributed by atoms with Crippen molar-refractivity contribution in [2.24, 2.45) is 0 Å². The van der Waals surface area contributed by atoms with E-state index in [4.69, 9.17) is 11.6 Å². The highest BCUT2D eigenvalue weighted by Crippen LogP contribution is 2.23. The zero-order valence-corrected chi connectivity index (χ0v) is 14.1. The number of hydrogen-bond acceptors (Lipinski definition) is 5. The Bertz CT molecular complexity index is 969. The third-order valence-electron chi connectivity index (χ3n) is 3.48. The molecular formula is C17H12ClN5S. The number of nitrogens with zero attached hydrogens (tertiary/aromatic N) is 5. The van der Waals surface area contributed by atoms with Crippen LogP contribution in [0.4, 0.5) is 0 Å². The lowest BCUT2D eigenvalue weighted by Crippen LogP contribution is -1.96. The molecule has 0 N–H and O–H groups in total. The standard InChI is InChI=1S/C17H12ClN5S/c18-14-3-1-12(2-4-14)11-24-16-6-5-15-20-21-17(23(15)22-16)13-7-9-19-10-8-13/h1-10H,11H2. The summed E-state index contributed by atoms with van der Waals surface area (Å²) in [5.74, 6) is 1.53. The van der Waals surface area contributed by atoms with Crippen LogP contribution in [0.1, 0.15) is 5.56 Å². The van der Waals surface area contributed by atoms with E-state index in [0.717, 1.165) is 27.0 Å². The molecule has 0 aliphatic carbocycles. The number of benzene rings is 1. The molecule has 5 nitrogen and oxygen atoms in total. The molecule has 0 spiro atoms. The molecule has 0 aliphatic rings. The molecule has 118 valence electrons. The zero-order valence-electron chi connectivity index (χ0n) is 12.5. The van der Waals surface area contributed by atoms with Gasteiger partial charge < -0.3 is 0 Å². The van der Waals surface area contributed by atoms with E-state index < -0.39 is 0 Å². The smallest absolute Gasteiger partial charge is 0.185 e. The lowest BCUT2D eigenvalue weighted by atomic mass is 10.2. The minimum absolute atomic E-state index is 0.710. The molecule has 0 amide bonds. The van der Waals surface area contributed by atoms with Gasteiger partial charge in [-0.15, -0.1) is 10.2 Å². The molecule has 1 aromatic carbocycles. The maximum atomic E-state index is 5.92. The Labute approximate surface area is 147 Å². The predicted octanol–water partition coefficient (Wildman–Crippen LogP) is 4.13. The zero-order chi connectivity index (χ0) is 16.4. The minimum atomic E-state index is 0.710. The number of pyridine rings is 1. The van der Waals surface area contributed by atoms with Crippen LogP contribution in [0.2, 0.25) is 5.02 Å². The van der Waals surface area contributed by atoms with E-state index in [0.29, 0.717) is 5.82 Å². The van der Waals surface area contributed by atoms with Gasteiger partial charge in [-0.3, -0.25) is 4.98 Å². The van der Waals surface area contributed by atoms with E-state index in [-0.39, 0.29) is 0 Å². The van der Waals surface area contributed by atoms with Crippen molar-refractivity contribution in [2.75, 3.05) is 0 Å². The Morgan fingerprint density at radius 3 is 2.50 bits per heavy atom. The van der Waals surface area contributed by atoms with Gasteiger partial charge in [0, 0.05) is 28.7 Å². The van der Waals surface area contributed by atoms with Crippen LogP contribution in [-0.4, -0.2) is 24.8 Å². The van der Waals surface area contributed by atoms with Crippen molar-refractivity contribution in [3.8, 4) is 11.4 Å². The molecular weight excluding hydrogens is 342 g/mol. The molecule has 0 aliphatic heterocycles. The van der Waals surface area contributed by atoms with Gasteiger partial charge in [-0.1, -0.05) is 35.5 Å². The maximum Gasteiger partial charge on any atom is 0.185 e. The number of thioether (sulfide) groups is 1. The number of rotatable bonds is 4. The van der Waals surface area contributed by atoms with Crippen molar-refractivity contribution in [2.45, 2.75) is 10.8 Å². The Morgan fingerprint density at radius 2 is 1.71 bits per heavy atom. The van der Waals surface area contributed by atoms with Gasteiger partial charge in [-0.25, -0.2) is 0 Å². The molecule has 0 radical (unpaired) electrons. The second kappa shape index (κ2) is 6.59. The summed E-state index contributed by atoms with van der Waals surface area (Å²) in [4.78, 5) is 4.03. The van der Waals surface area contributed by atoms with Crippen molar-refractivity contribution >= 4 is 29.0 Å². The van der Waals surface area contributed by atoms with Crippen molar-refractivity contribution < 1.29 is 0 Å². The van der Waals surface area contributed by atoms with Gasteiger partial charge in [0.25, 0.3) is 0 Å². The molecule has 0 atom stereocenters. The lowest BCUT2D eigenvalue weighted by molar-refractivity contribution is 0.860. The van der Waals surface area contributed by atoms with Crippen LogP contribution in [-0.2, 0) is 5.75 Å². The van der Waals surface area contributed by atoms with Gasteiger partial charge in [0.2, 0.25) is 0 Å². The molecule has 3 aromatic heterocycles. The maximum absolute atomic E-state index is 5.92. The average molecular weight is 354 g/mol. The molecule has 0 saturated carbocycles. The van der Waals surface area contributed by atoms with Gasteiger partial charge in [0.05, 0.1) is 0 Å². The number of aromatic nitrogens is 5. The third-order valence-corrected chi connectivity index (χ3v) is 4.72. The lowest BCUT2D eigenvalue weighted by Gasteiger charge is -2.03. The fourth-order valence-electron chi connectivity index (χ4n) is 2.27. The van der Waals surface area contributed by atoms with Gasteiger partial charge in [-0.05, 0) is 42.0 Å². The quantitative estimate of drug-likeness (QED) is 0.516. The van der Waals surface area contributed by atoms with E-state index in [1.54, 1.807) is 28.7 Å². The van der Waals surface area contributed by atoms with Gasteiger partial charge >= 0.3 is 0 Å². The first-order chi connectivity index (χ1) is 11.8. The van der Waals surface area contributed by atoms with E-state index in [1.165, 1.54) is 5.56 Å². The van der Waals surface area contributed by atoms with E-state index in [1.807, 2.05) is 48.5 Å². The van der Waals surface area contributed by atoms with Crippen molar-refractivity contribution in [3.05, 3.63) is 71.5 Å². The molecule has 0 fully saturated rings. The van der Waals surface area contributed by atoms with Crippen molar-refractivity contribution in [1.29, 1.82) is 0 Å². The third kappa shape index (κ3) is 3.11. The fourth-order valence-corrected chi connectivity index (χ4v) is 3.20. The van der Waals surface area contributed by atoms with Crippen molar-refractivity contribution in [3.63, 3.8) is 0 Å². The van der Waals surface area contributed by atoms with Crippen molar-refractivity contribution in [1.82, 2.24) is 24.8 Å². The van der Waals surface area contributed by atoms with E-state index >= 15 is 0 Å². The summed E-state index contributed by atoms with van der Waals surface area (Å²) >= 11 is 7.58. The molecule has 4 rings (SSSR count). The Balaban J connectivity index is 1.61. The van der Waals surface area contributed by atoms with Crippen LogP contribution in [0.15, 0.2) is 66.0 Å². The van der Waals surface area contributed by atoms with Crippen LogP contribution in [0.5, 0.6) is 0 Å². The van der Waals surface area contributed by atoms with E-state index in [2.05, 4.69) is 20.3 Å². The van der Waals surface area contributed by atoms with Crippen LogP contribution < -0.4 is 0 Å². The SMILES string of the molecule is Clc1ccc(CSc2ccc3nnc(-c4ccncc4)n3n2)cc1. The molecule has 7 heteroatoms. The predicted molar refractivity (Wildman–Crippen MR) is 95.0 cm³/mol. The first-order valence-corrected chi connectivity index (χ1v) is 8.66. The molecule has 0 saturated heterocycles. The molecule has 24 heavy (non-hydrogen) atoms. The highest BCUT2D eigenvalue weighted by atomic mass is 35.5. The Morgan fingerprint density at radius 1 is 0.917 bits per heavy atom. The van der Waals surface area contributed by atoms with Crippen LogP contribution in [0.3, 0.4) is 0 Å².